The summed E-state index contributed by atoms with van der Waals surface area (Å²) in [5, 5.41) is 0. The van der Waals surface area contributed by atoms with Gasteiger partial charge in [0.1, 0.15) is 0 Å². The van der Waals surface area contributed by atoms with Crippen molar-refractivity contribution >= 4 is 5.91 Å². The summed E-state index contributed by atoms with van der Waals surface area (Å²) in [6, 6.07) is 17.7. The van der Waals surface area contributed by atoms with Crippen molar-refractivity contribution in [2.75, 3.05) is 20.8 Å². The number of benzene rings is 2. The fourth-order valence-electron chi connectivity index (χ4n) is 3.02. The summed E-state index contributed by atoms with van der Waals surface area (Å²) in [5.41, 5.74) is 6.54. The standard InChI is InChI=1S/C20H22N2O3/c1-24-14-19-12-18(21-25-2)13-22(19)20(23)17-10-8-16(9-11-17)15-6-4-3-5-7-15/h3-11,13,19,21H,12,14H2,1-2H3. The Bertz CT molecular complexity index is 741. The molecule has 0 saturated heterocycles. The van der Waals surface area contributed by atoms with Gasteiger partial charge in [0.05, 0.1) is 25.5 Å². The van der Waals surface area contributed by atoms with Gasteiger partial charge >= 0.3 is 0 Å². The Hall–Kier alpha value is -2.63. The highest BCUT2D eigenvalue weighted by molar-refractivity contribution is 5.96. The predicted molar refractivity (Wildman–Crippen MR) is 96.6 cm³/mol. The average molecular weight is 338 g/mol. The molecule has 2 aromatic rings. The highest BCUT2D eigenvalue weighted by Crippen LogP contribution is 2.24. The molecule has 1 amide bonds. The van der Waals surface area contributed by atoms with Crippen LogP contribution < -0.4 is 5.48 Å². The van der Waals surface area contributed by atoms with Gasteiger partial charge in [-0.3, -0.25) is 15.1 Å². The Morgan fingerprint density at radius 1 is 1.08 bits per heavy atom. The van der Waals surface area contributed by atoms with Crippen LogP contribution in [0.4, 0.5) is 0 Å². The Morgan fingerprint density at radius 3 is 2.40 bits per heavy atom. The second-order valence-corrected chi connectivity index (χ2v) is 5.93. The maximum absolute atomic E-state index is 12.9. The lowest BCUT2D eigenvalue weighted by molar-refractivity contribution is 0.0684. The van der Waals surface area contributed by atoms with E-state index < -0.39 is 0 Å². The van der Waals surface area contributed by atoms with Gasteiger partial charge < -0.3 is 9.64 Å². The van der Waals surface area contributed by atoms with Crippen LogP contribution in [-0.2, 0) is 9.57 Å². The second-order valence-electron chi connectivity index (χ2n) is 5.93. The molecule has 1 aliphatic rings. The summed E-state index contributed by atoms with van der Waals surface area (Å²) in [5.74, 6) is -0.0467. The van der Waals surface area contributed by atoms with E-state index >= 15 is 0 Å². The van der Waals surface area contributed by atoms with Gasteiger partial charge in [0.2, 0.25) is 0 Å². The van der Waals surface area contributed by atoms with Crippen molar-refractivity contribution in [1.82, 2.24) is 10.4 Å². The van der Waals surface area contributed by atoms with Crippen LogP contribution in [0.25, 0.3) is 11.1 Å². The first-order valence-corrected chi connectivity index (χ1v) is 8.19. The molecule has 0 fully saturated rings. The molecule has 1 unspecified atom stereocenters. The van der Waals surface area contributed by atoms with E-state index in [1.807, 2.05) is 42.5 Å². The Kier molecular flexibility index (Phi) is 5.48. The van der Waals surface area contributed by atoms with Crippen molar-refractivity contribution in [2.45, 2.75) is 12.5 Å². The van der Waals surface area contributed by atoms with Crippen molar-refractivity contribution in [3.63, 3.8) is 0 Å². The van der Waals surface area contributed by atoms with Gasteiger partial charge in [-0.1, -0.05) is 42.5 Å². The number of nitrogens with one attached hydrogen (secondary N) is 1. The van der Waals surface area contributed by atoms with Crippen LogP contribution in [0, 0.1) is 0 Å². The van der Waals surface area contributed by atoms with Crippen LogP contribution >= 0.6 is 0 Å². The van der Waals surface area contributed by atoms with Crippen molar-refractivity contribution in [3.05, 3.63) is 72.1 Å². The van der Waals surface area contributed by atoms with E-state index in [1.54, 1.807) is 25.3 Å². The van der Waals surface area contributed by atoms with E-state index in [0.29, 0.717) is 18.6 Å². The molecule has 3 rings (SSSR count). The zero-order valence-corrected chi connectivity index (χ0v) is 14.4. The van der Waals surface area contributed by atoms with Gasteiger partial charge in [-0.15, -0.1) is 0 Å². The molecule has 130 valence electrons. The fourth-order valence-corrected chi connectivity index (χ4v) is 3.02. The fraction of sp³-hybridized carbons (Fsp3) is 0.250. The molecule has 2 aromatic carbocycles. The number of carbonyl (C=O) groups excluding carboxylic acids is 1. The summed E-state index contributed by atoms with van der Waals surface area (Å²) >= 11 is 0. The van der Waals surface area contributed by atoms with E-state index in [1.165, 1.54) is 0 Å². The third kappa shape index (κ3) is 3.90. The van der Waals surface area contributed by atoms with Gasteiger partial charge in [-0.05, 0) is 23.3 Å². The topological polar surface area (TPSA) is 50.8 Å². The third-order valence-electron chi connectivity index (χ3n) is 4.21. The minimum atomic E-state index is -0.0467. The monoisotopic (exact) mass is 338 g/mol. The number of rotatable bonds is 6. The Morgan fingerprint density at radius 2 is 1.76 bits per heavy atom. The Labute approximate surface area is 147 Å². The number of methoxy groups -OCH3 is 1. The summed E-state index contributed by atoms with van der Waals surface area (Å²) in [4.78, 5) is 19.6. The van der Waals surface area contributed by atoms with Gasteiger partial charge in [0.15, 0.2) is 0 Å². The van der Waals surface area contributed by atoms with Crippen LogP contribution in [-0.4, -0.2) is 37.7 Å². The summed E-state index contributed by atoms with van der Waals surface area (Å²) in [6.07, 6.45) is 2.47. The SMILES string of the molecule is COCC1CC(NOC)=CN1C(=O)c1ccc(-c2ccccc2)cc1. The second kappa shape index (κ2) is 7.96. The molecule has 1 heterocycles. The van der Waals surface area contributed by atoms with Crippen LogP contribution in [0.3, 0.4) is 0 Å². The molecular formula is C20H22N2O3. The number of amides is 1. The highest BCUT2D eigenvalue weighted by atomic mass is 16.6. The number of hydrogen-bond acceptors (Lipinski definition) is 4. The third-order valence-corrected chi connectivity index (χ3v) is 4.21. The minimum absolute atomic E-state index is 0.0380. The quantitative estimate of drug-likeness (QED) is 0.822. The number of hydrogen-bond donors (Lipinski definition) is 1. The molecule has 5 heteroatoms. The molecule has 0 aliphatic carbocycles. The lowest BCUT2D eigenvalue weighted by Gasteiger charge is -2.23. The molecule has 25 heavy (non-hydrogen) atoms. The van der Waals surface area contributed by atoms with Crippen molar-refractivity contribution in [1.29, 1.82) is 0 Å². The minimum Gasteiger partial charge on any atom is -0.383 e. The average Bonchev–Trinajstić information content (AvgIpc) is 3.05. The van der Waals surface area contributed by atoms with Gasteiger partial charge in [0.25, 0.3) is 5.91 Å². The molecule has 0 radical (unpaired) electrons. The molecule has 0 spiro atoms. The number of ether oxygens (including phenoxy) is 1. The van der Waals surface area contributed by atoms with Crippen LogP contribution in [0.5, 0.6) is 0 Å². The van der Waals surface area contributed by atoms with E-state index in [4.69, 9.17) is 9.57 Å². The molecule has 1 aliphatic heterocycles. The first kappa shape index (κ1) is 17.2. The van der Waals surface area contributed by atoms with Gasteiger partial charge in [-0.25, -0.2) is 0 Å². The van der Waals surface area contributed by atoms with Crippen molar-refractivity contribution in [3.8, 4) is 11.1 Å². The van der Waals surface area contributed by atoms with Crippen molar-refractivity contribution in [2.24, 2.45) is 0 Å². The maximum Gasteiger partial charge on any atom is 0.258 e. The lowest BCUT2D eigenvalue weighted by atomic mass is 10.0. The van der Waals surface area contributed by atoms with Crippen molar-refractivity contribution < 1.29 is 14.4 Å². The molecule has 5 nitrogen and oxygen atoms in total. The zero-order valence-electron chi connectivity index (χ0n) is 14.4. The molecular weight excluding hydrogens is 316 g/mol. The molecule has 0 saturated carbocycles. The van der Waals surface area contributed by atoms with E-state index in [0.717, 1.165) is 16.8 Å². The summed E-state index contributed by atoms with van der Waals surface area (Å²) < 4.78 is 5.25. The number of nitrogens with zero attached hydrogens (tertiary/aromatic N) is 1. The van der Waals surface area contributed by atoms with Crippen LogP contribution in [0.2, 0.25) is 0 Å². The number of carbonyl (C=O) groups is 1. The summed E-state index contributed by atoms with van der Waals surface area (Å²) in [6.45, 7) is 0.471. The molecule has 1 atom stereocenters. The van der Waals surface area contributed by atoms with Crippen LogP contribution in [0.15, 0.2) is 66.5 Å². The molecule has 1 N–H and O–H groups in total. The molecule has 0 bridgehead atoms. The largest absolute Gasteiger partial charge is 0.383 e. The summed E-state index contributed by atoms with van der Waals surface area (Å²) in [7, 11) is 3.19. The number of hydroxylamine groups is 1. The van der Waals surface area contributed by atoms with E-state index in [2.05, 4.69) is 17.6 Å². The zero-order chi connectivity index (χ0) is 17.6. The normalized spacial score (nSPS) is 16.6. The molecule has 0 aromatic heterocycles. The maximum atomic E-state index is 12.9. The van der Waals surface area contributed by atoms with E-state index in [-0.39, 0.29) is 11.9 Å². The predicted octanol–water partition coefficient (Wildman–Crippen LogP) is 3.21. The van der Waals surface area contributed by atoms with E-state index in [9.17, 15) is 4.79 Å². The lowest BCUT2D eigenvalue weighted by Crippen LogP contribution is -2.35. The highest BCUT2D eigenvalue weighted by Gasteiger charge is 2.30. The first-order valence-electron chi connectivity index (χ1n) is 8.19. The van der Waals surface area contributed by atoms with Gasteiger partial charge in [0, 0.05) is 25.3 Å². The smallest absolute Gasteiger partial charge is 0.258 e. The first-order chi connectivity index (χ1) is 12.2. The van der Waals surface area contributed by atoms with Gasteiger partial charge in [-0.2, -0.15) is 0 Å². The van der Waals surface area contributed by atoms with Crippen LogP contribution in [0.1, 0.15) is 16.8 Å². The Balaban J connectivity index is 1.79.